The molecular weight excluding hydrogens is 340 g/mol. The normalized spacial score (nSPS) is 7.25. The van der Waals surface area contributed by atoms with E-state index in [0.29, 0.717) is 0 Å². The third-order valence-electron chi connectivity index (χ3n) is 0. The zero-order valence-corrected chi connectivity index (χ0v) is 11.1. The third kappa shape index (κ3) is 91.2. The molecule has 0 amide bonds. The fraction of sp³-hybridized carbons (Fsp3) is 0. The fourth-order valence-electron chi connectivity index (χ4n) is 0. The van der Waals surface area contributed by atoms with Gasteiger partial charge < -0.3 is 5.48 Å². The molecular formula is H4LaO5SY. The largest absolute Gasteiger partial charge is 0.412 e. The van der Waals surface area contributed by atoms with Crippen molar-refractivity contribution >= 4 is 10.4 Å². The van der Waals surface area contributed by atoms with Crippen LogP contribution in [-0.4, -0.2) is 23.0 Å². The fourth-order valence-corrected chi connectivity index (χ4v) is 0. The van der Waals surface area contributed by atoms with Crippen molar-refractivity contribution < 1.29 is 91.3 Å². The number of hydrogen-bond donors (Lipinski definition) is 2. The van der Waals surface area contributed by atoms with Gasteiger partial charge in [-0.25, -0.2) is 0 Å². The minimum Gasteiger partial charge on any atom is -0.412 e. The van der Waals surface area contributed by atoms with Gasteiger partial charge in [0.1, 0.15) is 0 Å². The second kappa shape index (κ2) is 9.13. The van der Waals surface area contributed by atoms with Crippen LogP contribution in [0.1, 0.15) is 0 Å². The van der Waals surface area contributed by atoms with Gasteiger partial charge in [-0.1, -0.05) is 0 Å². The van der Waals surface area contributed by atoms with Crippen molar-refractivity contribution in [1.82, 2.24) is 0 Å². The zero-order valence-electron chi connectivity index (χ0n) is 3.77. The van der Waals surface area contributed by atoms with Gasteiger partial charge in [0.15, 0.2) is 0 Å². The molecule has 0 saturated heterocycles. The van der Waals surface area contributed by atoms with E-state index >= 15 is 0 Å². The SMILES string of the molecule is O.O=S(=O)(O)O.[La].[Y]. The molecule has 2 radical (unpaired) electrons. The van der Waals surface area contributed by atoms with Gasteiger partial charge in [-0.15, -0.1) is 0 Å². The Bertz CT molecular complexity index is 95.6. The minimum atomic E-state index is -4.67. The van der Waals surface area contributed by atoms with Gasteiger partial charge in [0.25, 0.3) is 0 Å². The summed E-state index contributed by atoms with van der Waals surface area (Å²) in [6.07, 6.45) is 0. The standard InChI is InChI=1S/La.H2O4S.H2O.Y/c;1-5(2,3)4;;/h;(H2,1,2,3,4);1H2;. The van der Waals surface area contributed by atoms with Crippen molar-refractivity contribution in [3.8, 4) is 0 Å². The van der Waals surface area contributed by atoms with Crippen molar-refractivity contribution in [1.29, 1.82) is 0 Å². The van der Waals surface area contributed by atoms with Crippen LogP contribution < -0.4 is 0 Å². The quantitative estimate of drug-likeness (QED) is 0.523. The van der Waals surface area contributed by atoms with E-state index in [9.17, 15) is 0 Å². The Balaban J connectivity index is -0.0000000267. The summed E-state index contributed by atoms with van der Waals surface area (Å²) in [5.74, 6) is 0. The van der Waals surface area contributed by atoms with E-state index in [-0.39, 0.29) is 73.8 Å². The average Bonchev–Trinajstić information content (AvgIpc) is 0.722. The van der Waals surface area contributed by atoms with Gasteiger partial charge in [-0.05, 0) is 0 Å². The van der Waals surface area contributed by atoms with Crippen molar-refractivity contribution in [2.24, 2.45) is 0 Å². The summed E-state index contributed by atoms with van der Waals surface area (Å²) in [6, 6.07) is 0. The summed E-state index contributed by atoms with van der Waals surface area (Å²) < 4.78 is 31.6. The van der Waals surface area contributed by atoms with Crippen LogP contribution in [0.5, 0.6) is 0 Å². The molecule has 0 aromatic carbocycles. The molecule has 8 heteroatoms. The van der Waals surface area contributed by atoms with Crippen LogP contribution in [0, 0.1) is 35.6 Å². The Morgan fingerprint density at radius 2 is 1.12 bits per heavy atom. The maximum Gasteiger partial charge on any atom is 0.394 e. The smallest absolute Gasteiger partial charge is 0.394 e. The summed E-state index contributed by atoms with van der Waals surface area (Å²) in [5, 5.41) is 0. The van der Waals surface area contributed by atoms with Gasteiger partial charge in [-0.3, -0.25) is 9.11 Å². The second-order valence-electron chi connectivity index (χ2n) is 0.448. The van der Waals surface area contributed by atoms with E-state index in [2.05, 4.69) is 0 Å². The molecule has 0 heterocycles. The van der Waals surface area contributed by atoms with Crippen LogP contribution in [0.15, 0.2) is 0 Å². The van der Waals surface area contributed by atoms with Crippen LogP contribution in [0.25, 0.3) is 0 Å². The summed E-state index contributed by atoms with van der Waals surface area (Å²) in [7, 11) is -4.67. The van der Waals surface area contributed by atoms with Crippen LogP contribution in [0.4, 0.5) is 0 Å². The zero-order chi connectivity index (χ0) is 4.50. The van der Waals surface area contributed by atoms with Crippen molar-refractivity contribution in [2.45, 2.75) is 0 Å². The van der Waals surface area contributed by atoms with Crippen LogP contribution in [0.3, 0.4) is 0 Å². The van der Waals surface area contributed by atoms with E-state index in [1.807, 2.05) is 0 Å². The first-order valence-corrected chi connectivity index (χ1v) is 2.10. The minimum absolute atomic E-state index is 0. The van der Waals surface area contributed by atoms with Crippen molar-refractivity contribution in [3.05, 3.63) is 0 Å². The first kappa shape index (κ1) is 22.5. The van der Waals surface area contributed by atoms with E-state index in [0.717, 1.165) is 0 Å². The molecule has 0 unspecified atom stereocenters. The number of rotatable bonds is 0. The molecule has 0 aliphatic rings. The molecule has 0 aromatic rings. The van der Waals surface area contributed by atoms with Gasteiger partial charge in [0.2, 0.25) is 0 Å². The Labute approximate surface area is 100.0 Å². The molecule has 0 aliphatic heterocycles. The topological polar surface area (TPSA) is 106 Å². The molecule has 0 spiro atoms. The van der Waals surface area contributed by atoms with Crippen molar-refractivity contribution in [2.75, 3.05) is 0 Å². The van der Waals surface area contributed by atoms with E-state index < -0.39 is 10.4 Å². The Morgan fingerprint density at radius 1 is 1.12 bits per heavy atom. The Kier molecular flexibility index (Phi) is 25.6. The Hall–Kier alpha value is 2.13. The third-order valence-corrected chi connectivity index (χ3v) is 0. The molecule has 0 aromatic heterocycles. The predicted octanol–water partition coefficient (Wildman–Crippen LogP) is -1.48. The summed E-state index contributed by atoms with van der Waals surface area (Å²) >= 11 is 0. The molecule has 0 fully saturated rings. The van der Waals surface area contributed by atoms with E-state index in [1.165, 1.54) is 0 Å². The monoisotopic (exact) mass is 344 g/mol. The first-order chi connectivity index (χ1) is 2.00. The molecule has 5 nitrogen and oxygen atoms in total. The summed E-state index contributed by atoms with van der Waals surface area (Å²) in [6.45, 7) is 0. The van der Waals surface area contributed by atoms with E-state index in [1.54, 1.807) is 0 Å². The molecule has 0 bridgehead atoms. The van der Waals surface area contributed by atoms with Crippen molar-refractivity contribution in [3.63, 3.8) is 0 Å². The first-order valence-electron chi connectivity index (χ1n) is 0.698. The van der Waals surface area contributed by atoms with Gasteiger partial charge >= 0.3 is 10.4 Å². The predicted molar refractivity (Wildman–Crippen MR) is 17.8 cm³/mol. The molecule has 4 N–H and O–H groups in total. The molecule has 0 aliphatic carbocycles. The van der Waals surface area contributed by atoms with Crippen LogP contribution in [-0.2, 0) is 43.1 Å². The molecule has 0 saturated carbocycles. The number of hydrogen-bond acceptors (Lipinski definition) is 2. The Morgan fingerprint density at radius 3 is 1.12 bits per heavy atom. The molecule has 0 rings (SSSR count). The van der Waals surface area contributed by atoms with E-state index in [4.69, 9.17) is 17.5 Å². The van der Waals surface area contributed by atoms with Crippen LogP contribution >= 0.6 is 0 Å². The van der Waals surface area contributed by atoms with Gasteiger partial charge in [0.05, 0.1) is 0 Å². The maximum absolute atomic E-state index is 8.74. The maximum atomic E-state index is 8.74. The molecule has 8 heavy (non-hydrogen) atoms. The van der Waals surface area contributed by atoms with Gasteiger partial charge in [-0.2, -0.15) is 8.42 Å². The second-order valence-corrected chi connectivity index (χ2v) is 1.34. The van der Waals surface area contributed by atoms with Crippen LogP contribution in [0.2, 0.25) is 0 Å². The summed E-state index contributed by atoms with van der Waals surface area (Å²) in [4.78, 5) is 0. The van der Waals surface area contributed by atoms with Gasteiger partial charge in [0, 0.05) is 68.3 Å². The molecule has 46 valence electrons. The molecule has 0 atom stereocenters. The summed E-state index contributed by atoms with van der Waals surface area (Å²) in [5.41, 5.74) is 0. The average molecular weight is 344 g/mol.